The normalized spacial score (nSPS) is 21.7. The van der Waals surface area contributed by atoms with Crippen LogP contribution in [0.1, 0.15) is 57.1 Å². The third-order valence-corrected chi connectivity index (χ3v) is 11.1. The van der Waals surface area contributed by atoms with Gasteiger partial charge in [0.05, 0.1) is 5.56 Å². The summed E-state index contributed by atoms with van der Waals surface area (Å²) in [5.41, 5.74) is 8.63. The van der Waals surface area contributed by atoms with Crippen LogP contribution in [0.4, 0.5) is 0 Å². The zero-order valence-corrected chi connectivity index (χ0v) is 28.4. The molecule has 2 saturated carbocycles. The lowest BCUT2D eigenvalue weighted by Crippen LogP contribution is -2.42. The first-order chi connectivity index (χ1) is 24.5. The van der Waals surface area contributed by atoms with Gasteiger partial charge >= 0.3 is 0 Å². The number of rotatable bonds is 5. The van der Waals surface area contributed by atoms with Gasteiger partial charge in [0.2, 0.25) is 0 Å². The lowest BCUT2D eigenvalue weighted by Gasteiger charge is -2.50. The summed E-state index contributed by atoms with van der Waals surface area (Å²) < 4.78 is 6.12. The predicted molar refractivity (Wildman–Crippen MR) is 200 cm³/mol. The summed E-state index contributed by atoms with van der Waals surface area (Å²) in [4.78, 5) is 15.2. The minimum Gasteiger partial charge on any atom is -0.455 e. The van der Waals surface area contributed by atoms with Gasteiger partial charge in [-0.2, -0.15) is 5.26 Å². The highest BCUT2D eigenvalue weighted by Crippen LogP contribution is 2.54. The second kappa shape index (κ2) is 12.1. The van der Waals surface area contributed by atoms with E-state index in [-0.39, 0.29) is 0 Å². The number of benzene rings is 5. The molecule has 7 aromatic rings. The maximum absolute atomic E-state index is 9.67. The van der Waals surface area contributed by atoms with E-state index in [1.807, 2.05) is 54.6 Å². The van der Waals surface area contributed by atoms with Crippen molar-refractivity contribution in [1.82, 2.24) is 15.0 Å². The maximum Gasteiger partial charge on any atom is 0.164 e. The van der Waals surface area contributed by atoms with E-state index >= 15 is 0 Å². The van der Waals surface area contributed by atoms with Gasteiger partial charge in [-0.05, 0) is 96.2 Å². The van der Waals surface area contributed by atoms with E-state index < -0.39 is 0 Å². The smallest absolute Gasteiger partial charge is 0.164 e. The first-order valence-electron chi connectivity index (χ1n) is 17.8. The van der Waals surface area contributed by atoms with Gasteiger partial charge in [0.25, 0.3) is 0 Å². The average molecular weight is 651 g/mol. The summed E-state index contributed by atoms with van der Waals surface area (Å²) in [6.45, 7) is 4.91. The van der Waals surface area contributed by atoms with E-state index in [0.717, 1.165) is 61.9 Å². The number of hydrogen-bond donors (Lipinski definition) is 0. The Balaban J connectivity index is 1.15. The molecule has 0 aliphatic heterocycles. The second-order valence-electron chi connectivity index (χ2n) is 14.8. The van der Waals surface area contributed by atoms with Crippen LogP contribution in [0.25, 0.3) is 67.2 Å². The lowest BCUT2D eigenvalue weighted by atomic mass is 9.54. The van der Waals surface area contributed by atoms with Gasteiger partial charge in [-0.1, -0.05) is 105 Å². The van der Waals surface area contributed by atoms with E-state index in [1.54, 1.807) is 6.07 Å². The number of para-hydroxylation sites is 1. The molecule has 2 bridgehead atoms. The molecule has 2 fully saturated rings. The Hall–Kier alpha value is -5.60. The molecule has 5 aromatic carbocycles. The third kappa shape index (κ3) is 5.27. The Morgan fingerprint density at radius 1 is 0.620 bits per heavy atom. The molecule has 2 aromatic heterocycles. The number of nitriles is 1. The number of hydrogen-bond acceptors (Lipinski definition) is 5. The highest BCUT2D eigenvalue weighted by molar-refractivity contribution is 6.07. The number of fused-ring (bicyclic) bond motifs is 5. The van der Waals surface area contributed by atoms with Crippen LogP contribution in [0.15, 0.2) is 120 Å². The summed E-state index contributed by atoms with van der Waals surface area (Å²) in [7, 11) is 0. The van der Waals surface area contributed by atoms with Crippen LogP contribution in [-0.2, 0) is 5.41 Å². The molecule has 2 heterocycles. The molecule has 1 unspecified atom stereocenters. The lowest BCUT2D eigenvalue weighted by molar-refractivity contribution is 0.0780. The number of furan rings is 1. The van der Waals surface area contributed by atoms with Gasteiger partial charge in [0.1, 0.15) is 11.7 Å². The molecular weight excluding hydrogens is 613 g/mol. The van der Waals surface area contributed by atoms with Crippen LogP contribution in [0.2, 0.25) is 0 Å². The third-order valence-electron chi connectivity index (χ3n) is 11.1. The highest BCUT2D eigenvalue weighted by Gasteiger charge is 2.45. The first-order valence-corrected chi connectivity index (χ1v) is 17.8. The van der Waals surface area contributed by atoms with Gasteiger partial charge in [0, 0.05) is 27.5 Å². The molecule has 0 spiro atoms. The summed E-state index contributed by atoms with van der Waals surface area (Å²) in [6.07, 6.45) is 6.67. The molecule has 2 aliphatic carbocycles. The summed E-state index contributed by atoms with van der Waals surface area (Å²) in [5.74, 6) is 4.23. The molecule has 5 heteroatoms. The van der Waals surface area contributed by atoms with Crippen molar-refractivity contribution < 1.29 is 4.42 Å². The van der Waals surface area contributed by atoms with Crippen LogP contribution >= 0.6 is 0 Å². The molecule has 2 aliphatic rings. The van der Waals surface area contributed by atoms with Crippen LogP contribution < -0.4 is 0 Å². The van der Waals surface area contributed by atoms with Gasteiger partial charge in [-0.15, -0.1) is 0 Å². The molecule has 50 heavy (non-hydrogen) atoms. The second-order valence-corrected chi connectivity index (χ2v) is 14.8. The Morgan fingerprint density at radius 3 is 2.02 bits per heavy atom. The fraction of sp³-hybridized carbons (Fsp3) is 0.244. The van der Waals surface area contributed by atoms with Crippen molar-refractivity contribution in [2.24, 2.45) is 17.8 Å². The van der Waals surface area contributed by atoms with Crippen LogP contribution in [-0.4, -0.2) is 15.0 Å². The van der Waals surface area contributed by atoms with Crippen molar-refractivity contribution in [2.45, 2.75) is 51.4 Å². The molecule has 9 rings (SSSR count). The Bertz CT molecular complexity index is 2400. The zero-order valence-electron chi connectivity index (χ0n) is 28.4. The maximum atomic E-state index is 9.67. The van der Waals surface area contributed by atoms with Crippen molar-refractivity contribution in [1.29, 1.82) is 5.26 Å². The van der Waals surface area contributed by atoms with Crippen molar-refractivity contribution in [3.63, 3.8) is 0 Å². The summed E-state index contributed by atoms with van der Waals surface area (Å²) in [5, 5.41) is 11.5. The van der Waals surface area contributed by atoms with Crippen molar-refractivity contribution >= 4 is 21.9 Å². The van der Waals surface area contributed by atoms with E-state index in [2.05, 4.69) is 74.5 Å². The van der Waals surface area contributed by atoms with E-state index in [4.69, 9.17) is 19.4 Å². The largest absolute Gasteiger partial charge is 0.455 e. The Morgan fingerprint density at radius 2 is 1.28 bits per heavy atom. The fourth-order valence-corrected chi connectivity index (χ4v) is 9.36. The average Bonchev–Trinajstić information content (AvgIpc) is 3.53. The van der Waals surface area contributed by atoms with Crippen molar-refractivity contribution in [3.8, 4) is 51.4 Å². The van der Waals surface area contributed by atoms with Gasteiger partial charge in [-0.25, -0.2) is 15.0 Å². The molecular formula is C45H38N4O. The molecule has 4 atom stereocenters. The Labute approximate surface area is 292 Å². The standard InChI is InChI=1S/C45H38N4O/c1-28-21-30-22-29(2)25-45(24-28,26-30)35-18-15-31(16-19-35)36-12-6-7-13-38(36)44-48-42(32-9-4-3-5-10-32)47-43(49-44)33-17-20-40-39(23-33)37-14-8-11-34(27-46)41(37)50-40/h3-20,23,28-30H,21-22,24-26H2,1-2H3/t28-,29+,30-,45?. The SMILES string of the molecule is C[C@@H]1C[C@@H]2C[C@H](C)CC(c3ccc(-c4ccccc4-c4nc(-c5ccccc5)nc(-c5ccc6oc7c(C#N)cccc7c6c5)n4)cc3)(C1)C2. The van der Waals surface area contributed by atoms with Crippen LogP contribution in [0.5, 0.6) is 0 Å². The van der Waals surface area contributed by atoms with E-state index in [1.165, 1.54) is 37.7 Å². The first kappa shape index (κ1) is 30.5. The van der Waals surface area contributed by atoms with Gasteiger partial charge in [-0.3, -0.25) is 0 Å². The minimum absolute atomic E-state index is 0.295. The van der Waals surface area contributed by atoms with Crippen LogP contribution in [0, 0.1) is 29.1 Å². The fourth-order valence-electron chi connectivity index (χ4n) is 9.36. The summed E-state index contributed by atoms with van der Waals surface area (Å²) >= 11 is 0. The van der Waals surface area contributed by atoms with E-state index in [0.29, 0.717) is 34.0 Å². The van der Waals surface area contributed by atoms with Crippen LogP contribution in [0.3, 0.4) is 0 Å². The monoisotopic (exact) mass is 650 g/mol. The molecule has 5 nitrogen and oxygen atoms in total. The summed E-state index contributed by atoms with van der Waals surface area (Å²) in [6, 6.07) is 41.8. The zero-order chi connectivity index (χ0) is 33.8. The molecule has 0 saturated heterocycles. The molecule has 244 valence electrons. The topological polar surface area (TPSA) is 75.6 Å². The van der Waals surface area contributed by atoms with Crippen molar-refractivity contribution in [2.75, 3.05) is 0 Å². The minimum atomic E-state index is 0.295. The van der Waals surface area contributed by atoms with Gasteiger partial charge < -0.3 is 4.42 Å². The Kier molecular flexibility index (Phi) is 7.35. The number of nitrogens with zero attached hydrogens (tertiary/aromatic N) is 4. The molecule has 0 N–H and O–H groups in total. The highest BCUT2D eigenvalue weighted by atomic mass is 16.3. The molecule has 0 radical (unpaired) electrons. The van der Waals surface area contributed by atoms with Crippen molar-refractivity contribution in [3.05, 3.63) is 126 Å². The number of aromatic nitrogens is 3. The predicted octanol–water partition coefficient (Wildman–Crippen LogP) is 11.4. The van der Waals surface area contributed by atoms with E-state index in [9.17, 15) is 5.26 Å². The molecule has 0 amide bonds. The quantitative estimate of drug-likeness (QED) is 0.185. The van der Waals surface area contributed by atoms with Gasteiger partial charge in [0.15, 0.2) is 23.1 Å².